The second-order valence-corrected chi connectivity index (χ2v) is 7.52. The zero-order valence-electron chi connectivity index (χ0n) is 15.8. The molecule has 0 heterocycles. The minimum Gasteiger partial charge on any atom is -0.465 e. The van der Waals surface area contributed by atoms with Gasteiger partial charge in [0.25, 0.3) is 0 Å². The van der Waals surface area contributed by atoms with E-state index in [-0.39, 0.29) is 24.0 Å². The van der Waals surface area contributed by atoms with Gasteiger partial charge in [0.2, 0.25) is 11.8 Å². The van der Waals surface area contributed by atoms with Crippen LogP contribution in [0.2, 0.25) is 5.02 Å². The summed E-state index contributed by atoms with van der Waals surface area (Å²) >= 11 is 5.79. The van der Waals surface area contributed by atoms with Crippen LogP contribution < -0.4 is 10.6 Å². The van der Waals surface area contributed by atoms with Gasteiger partial charge in [-0.2, -0.15) is 0 Å². The molecular formula is C19H24ClN3O5. The van der Waals surface area contributed by atoms with E-state index in [4.69, 9.17) is 16.7 Å². The normalized spacial score (nSPS) is 21.5. The van der Waals surface area contributed by atoms with Crippen LogP contribution in [0.4, 0.5) is 4.79 Å². The summed E-state index contributed by atoms with van der Waals surface area (Å²) in [6.07, 6.45) is -0.308. The quantitative estimate of drug-likeness (QED) is 0.490. The first-order chi connectivity index (χ1) is 13.2. The molecule has 0 saturated heterocycles. The van der Waals surface area contributed by atoms with Crippen molar-refractivity contribution in [2.75, 3.05) is 14.1 Å². The van der Waals surface area contributed by atoms with Gasteiger partial charge < -0.3 is 20.6 Å². The Morgan fingerprint density at radius 3 is 2.29 bits per heavy atom. The SMILES string of the molecule is CN(C)C(=O)[C@H]1CC[C@H](NC(=O)CC(=O)c2ccc(Cl)cc2)[C@H](NC(=O)O)C1. The lowest BCUT2D eigenvalue weighted by Crippen LogP contribution is -2.55. The molecule has 1 aromatic carbocycles. The van der Waals surface area contributed by atoms with Crippen LogP contribution in [0.5, 0.6) is 0 Å². The van der Waals surface area contributed by atoms with E-state index >= 15 is 0 Å². The van der Waals surface area contributed by atoms with E-state index in [1.807, 2.05) is 0 Å². The Hall–Kier alpha value is -2.61. The Bertz CT molecular complexity index is 750. The lowest BCUT2D eigenvalue weighted by atomic mass is 9.81. The molecule has 1 aliphatic carbocycles. The molecule has 1 aromatic rings. The predicted octanol–water partition coefficient (Wildman–Crippen LogP) is 1.92. The summed E-state index contributed by atoms with van der Waals surface area (Å²) in [4.78, 5) is 49.3. The van der Waals surface area contributed by atoms with Crippen molar-refractivity contribution in [2.24, 2.45) is 5.92 Å². The molecule has 0 unspecified atom stereocenters. The number of hydrogen-bond acceptors (Lipinski definition) is 4. The fourth-order valence-corrected chi connectivity index (χ4v) is 3.52. The van der Waals surface area contributed by atoms with Crippen molar-refractivity contribution in [2.45, 2.75) is 37.8 Å². The van der Waals surface area contributed by atoms with E-state index in [0.717, 1.165) is 0 Å². The van der Waals surface area contributed by atoms with Crippen LogP contribution in [0.25, 0.3) is 0 Å². The maximum absolute atomic E-state index is 12.3. The molecule has 2 rings (SSSR count). The number of carbonyl (C=O) groups excluding carboxylic acids is 3. The molecule has 0 radical (unpaired) electrons. The summed E-state index contributed by atoms with van der Waals surface area (Å²) in [5.74, 6) is -1.22. The molecule has 0 spiro atoms. The molecule has 0 aromatic heterocycles. The van der Waals surface area contributed by atoms with Crippen molar-refractivity contribution in [3.63, 3.8) is 0 Å². The highest BCUT2D eigenvalue weighted by molar-refractivity contribution is 6.30. The molecule has 28 heavy (non-hydrogen) atoms. The monoisotopic (exact) mass is 409 g/mol. The van der Waals surface area contributed by atoms with Gasteiger partial charge in [-0.1, -0.05) is 11.6 Å². The third kappa shape index (κ3) is 5.95. The zero-order chi connectivity index (χ0) is 20.8. The van der Waals surface area contributed by atoms with E-state index in [9.17, 15) is 19.2 Å². The number of nitrogens with one attached hydrogen (secondary N) is 2. The summed E-state index contributed by atoms with van der Waals surface area (Å²) in [6, 6.07) is 5.16. The number of hydrogen-bond donors (Lipinski definition) is 3. The Morgan fingerprint density at radius 1 is 1.07 bits per heavy atom. The molecule has 1 fully saturated rings. The van der Waals surface area contributed by atoms with Gasteiger partial charge in [-0.25, -0.2) is 4.79 Å². The lowest BCUT2D eigenvalue weighted by molar-refractivity contribution is -0.134. The summed E-state index contributed by atoms with van der Waals surface area (Å²) in [5, 5.41) is 14.7. The summed E-state index contributed by atoms with van der Waals surface area (Å²) < 4.78 is 0. The molecule has 0 bridgehead atoms. The first-order valence-electron chi connectivity index (χ1n) is 8.96. The van der Waals surface area contributed by atoms with E-state index in [1.54, 1.807) is 38.4 Å². The fourth-order valence-electron chi connectivity index (χ4n) is 3.39. The smallest absolute Gasteiger partial charge is 0.404 e. The molecule has 8 nitrogen and oxygen atoms in total. The van der Waals surface area contributed by atoms with Crippen LogP contribution in [0, 0.1) is 5.92 Å². The number of carboxylic acid groups (broad SMARTS) is 1. The highest BCUT2D eigenvalue weighted by atomic mass is 35.5. The third-order valence-corrected chi connectivity index (χ3v) is 5.03. The van der Waals surface area contributed by atoms with Gasteiger partial charge in [-0.15, -0.1) is 0 Å². The van der Waals surface area contributed by atoms with Crippen molar-refractivity contribution in [1.29, 1.82) is 0 Å². The van der Waals surface area contributed by atoms with E-state index < -0.39 is 24.1 Å². The molecule has 3 amide bonds. The maximum Gasteiger partial charge on any atom is 0.404 e. The largest absolute Gasteiger partial charge is 0.465 e. The fraction of sp³-hybridized carbons (Fsp3) is 0.474. The van der Waals surface area contributed by atoms with Crippen molar-refractivity contribution in [3.05, 3.63) is 34.9 Å². The molecule has 0 aliphatic heterocycles. The topological polar surface area (TPSA) is 116 Å². The number of rotatable bonds is 6. The first kappa shape index (κ1) is 21.7. The van der Waals surface area contributed by atoms with Gasteiger partial charge in [-0.05, 0) is 43.5 Å². The number of halogens is 1. The Labute approximate surface area is 168 Å². The average molecular weight is 410 g/mol. The minimum absolute atomic E-state index is 0.0696. The molecule has 3 N–H and O–H groups in total. The predicted molar refractivity (Wildman–Crippen MR) is 103 cm³/mol. The van der Waals surface area contributed by atoms with Crippen LogP contribution in [-0.4, -0.2) is 59.9 Å². The van der Waals surface area contributed by atoms with Crippen LogP contribution in [0.3, 0.4) is 0 Å². The van der Waals surface area contributed by atoms with Crippen molar-refractivity contribution in [3.8, 4) is 0 Å². The summed E-state index contributed by atoms with van der Waals surface area (Å²) in [6.45, 7) is 0. The van der Waals surface area contributed by atoms with Crippen LogP contribution in [-0.2, 0) is 9.59 Å². The number of carbonyl (C=O) groups is 4. The second-order valence-electron chi connectivity index (χ2n) is 7.08. The van der Waals surface area contributed by atoms with Gasteiger partial charge >= 0.3 is 6.09 Å². The van der Waals surface area contributed by atoms with E-state index in [2.05, 4.69) is 10.6 Å². The van der Waals surface area contributed by atoms with E-state index in [1.165, 1.54) is 4.90 Å². The Balaban J connectivity index is 1.99. The summed E-state index contributed by atoms with van der Waals surface area (Å²) in [5.41, 5.74) is 0.375. The number of Topliss-reactive ketones (excluding diaryl/α,β-unsaturated/α-hetero) is 1. The molecule has 1 saturated carbocycles. The molecular weight excluding hydrogens is 386 g/mol. The van der Waals surface area contributed by atoms with Crippen molar-refractivity contribution >= 4 is 35.3 Å². The molecule has 152 valence electrons. The minimum atomic E-state index is -1.22. The molecule has 1 aliphatic rings. The number of benzene rings is 1. The van der Waals surface area contributed by atoms with Crippen LogP contribution in [0.15, 0.2) is 24.3 Å². The third-order valence-electron chi connectivity index (χ3n) is 4.78. The number of amides is 3. The standard InChI is InChI=1S/C19H24ClN3O5/c1-23(2)18(26)12-5-8-14(15(9-12)22-19(27)28)21-17(25)10-16(24)11-3-6-13(20)7-4-11/h3-4,6-7,12,14-15,22H,5,8-10H2,1-2H3,(H,21,25)(H,27,28)/t12-,14-,15+/m0/s1. The van der Waals surface area contributed by atoms with Gasteiger partial charge in [0.05, 0.1) is 12.5 Å². The second kappa shape index (κ2) is 9.54. The zero-order valence-corrected chi connectivity index (χ0v) is 16.5. The van der Waals surface area contributed by atoms with Gasteiger partial charge in [0.15, 0.2) is 5.78 Å². The maximum atomic E-state index is 12.3. The van der Waals surface area contributed by atoms with Gasteiger partial charge in [-0.3, -0.25) is 14.4 Å². The first-order valence-corrected chi connectivity index (χ1v) is 9.34. The molecule has 9 heteroatoms. The van der Waals surface area contributed by atoms with Crippen molar-refractivity contribution < 1.29 is 24.3 Å². The Kier molecular flexibility index (Phi) is 7.39. The van der Waals surface area contributed by atoms with Crippen LogP contribution in [0.1, 0.15) is 36.0 Å². The number of ketones is 1. The highest BCUT2D eigenvalue weighted by Gasteiger charge is 2.36. The summed E-state index contributed by atoms with van der Waals surface area (Å²) in [7, 11) is 3.30. The van der Waals surface area contributed by atoms with Gasteiger partial charge in [0, 0.05) is 36.6 Å². The van der Waals surface area contributed by atoms with Crippen LogP contribution >= 0.6 is 11.6 Å². The van der Waals surface area contributed by atoms with Gasteiger partial charge in [0.1, 0.15) is 0 Å². The van der Waals surface area contributed by atoms with Crippen molar-refractivity contribution in [1.82, 2.24) is 15.5 Å². The highest BCUT2D eigenvalue weighted by Crippen LogP contribution is 2.26. The lowest BCUT2D eigenvalue weighted by Gasteiger charge is -2.36. The van der Waals surface area contributed by atoms with E-state index in [0.29, 0.717) is 29.8 Å². The number of nitrogens with zero attached hydrogens (tertiary/aromatic N) is 1. The Morgan fingerprint density at radius 2 is 1.71 bits per heavy atom. The molecule has 3 atom stereocenters. The average Bonchev–Trinajstić information content (AvgIpc) is 2.62.